The van der Waals surface area contributed by atoms with E-state index in [1.54, 1.807) is 0 Å². The van der Waals surface area contributed by atoms with E-state index in [9.17, 15) is 0 Å². The molecule has 0 amide bonds. The topological polar surface area (TPSA) is 148 Å². The lowest BCUT2D eigenvalue weighted by atomic mass is 10.3. The van der Waals surface area contributed by atoms with E-state index in [-0.39, 0.29) is 12.3 Å². The van der Waals surface area contributed by atoms with E-state index in [4.69, 9.17) is 17.5 Å². The van der Waals surface area contributed by atoms with Gasteiger partial charge in [-0.3, -0.25) is 9.11 Å². The van der Waals surface area contributed by atoms with E-state index >= 15 is 0 Å². The van der Waals surface area contributed by atoms with Crippen molar-refractivity contribution in [2.75, 3.05) is 17.3 Å². The third-order valence-electron chi connectivity index (χ3n) is 1.96. The highest BCUT2D eigenvalue weighted by Crippen LogP contribution is 2.37. The summed E-state index contributed by atoms with van der Waals surface area (Å²) in [6.45, 7) is 3.31. The Bertz CT molecular complexity index is 445. The molecule has 1 aliphatic heterocycles. The van der Waals surface area contributed by atoms with Crippen LogP contribution in [0.3, 0.4) is 0 Å². The van der Waals surface area contributed by atoms with E-state index in [0.29, 0.717) is 0 Å². The van der Waals surface area contributed by atoms with Crippen molar-refractivity contribution in [2.45, 2.75) is 11.8 Å². The molecule has 8 N–H and O–H groups in total. The van der Waals surface area contributed by atoms with Crippen molar-refractivity contribution in [3.05, 3.63) is 24.3 Å². The van der Waals surface area contributed by atoms with Crippen LogP contribution >= 0.6 is 11.8 Å². The van der Waals surface area contributed by atoms with E-state index < -0.39 is 10.4 Å². The van der Waals surface area contributed by atoms with E-state index in [0.717, 1.165) is 12.4 Å². The summed E-state index contributed by atoms with van der Waals surface area (Å²) >= 11 is 1.93. The fraction of sp³-hybridized carbons (Fsp3) is 0.333. The van der Waals surface area contributed by atoms with Gasteiger partial charge in [0, 0.05) is 11.4 Å². The lowest BCUT2D eigenvalue weighted by Crippen LogP contribution is -2.17. The second-order valence-corrected chi connectivity index (χ2v) is 4.93. The molecule has 0 spiro atoms. The average Bonchev–Trinajstić information content (AvgIpc) is 2.58. The monoisotopic (exact) mass is 297 g/mol. The summed E-state index contributed by atoms with van der Waals surface area (Å²) in [5, 5.41) is 0. The lowest BCUT2D eigenvalue weighted by Gasteiger charge is -2.14. The van der Waals surface area contributed by atoms with Gasteiger partial charge in [-0.1, -0.05) is 12.1 Å². The standard InChI is InChI=1S/C9H11NS.2H3N.H2O4S/c1-2-10-7-11-9-6-4-3-5-8(9)10;;;1-5(2,3)4/h3-6H,2,7H2,1H3;2*1H3;(H2,1,2,3,4). The Labute approximate surface area is 111 Å². The minimum Gasteiger partial charge on any atom is -0.361 e. The maximum Gasteiger partial charge on any atom is 0.394 e. The van der Waals surface area contributed by atoms with Crippen molar-refractivity contribution >= 4 is 27.8 Å². The third kappa shape index (κ3) is 6.79. The van der Waals surface area contributed by atoms with Crippen molar-refractivity contribution in [3.8, 4) is 0 Å². The van der Waals surface area contributed by atoms with Gasteiger partial charge in [-0.15, -0.1) is 11.8 Å². The van der Waals surface area contributed by atoms with E-state index in [2.05, 4.69) is 36.1 Å². The van der Waals surface area contributed by atoms with Crippen LogP contribution in [-0.2, 0) is 10.4 Å². The fourth-order valence-electron chi connectivity index (χ4n) is 1.32. The van der Waals surface area contributed by atoms with Gasteiger partial charge in [-0.25, -0.2) is 0 Å². The van der Waals surface area contributed by atoms with Gasteiger partial charge in [-0.2, -0.15) is 8.42 Å². The van der Waals surface area contributed by atoms with Crippen molar-refractivity contribution in [2.24, 2.45) is 0 Å². The maximum atomic E-state index is 8.74. The maximum absolute atomic E-state index is 8.74. The summed E-state index contributed by atoms with van der Waals surface area (Å²) in [5.41, 5.74) is 1.40. The van der Waals surface area contributed by atoms with Gasteiger partial charge < -0.3 is 17.2 Å². The van der Waals surface area contributed by atoms with Crippen LogP contribution in [0.15, 0.2) is 29.2 Å². The number of hydrogen-bond donors (Lipinski definition) is 4. The molecule has 0 fully saturated rings. The summed E-state index contributed by atoms with van der Waals surface area (Å²) in [4.78, 5) is 3.81. The quantitative estimate of drug-likeness (QED) is 0.577. The van der Waals surface area contributed by atoms with Crippen LogP contribution in [0.2, 0.25) is 0 Å². The van der Waals surface area contributed by atoms with Crippen LogP contribution in [0.4, 0.5) is 5.69 Å². The van der Waals surface area contributed by atoms with Crippen molar-refractivity contribution in [1.29, 1.82) is 0 Å². The molecule has 0 saturated heterocycles. The number of thioether (sulfide) groups is 1. The smallest absolute Gasteiger partial charge is 0.361 e. The molecular weight excluding hydrogens is 278 g/mol. The van der Waals surface area contributed by atoms with Gasteiger partial charge >= 0.3 is 10.4 Å². The van der Waals surface area contributed by atoms with E-state index in [1.165, 1.54) is 10.6 Å². The summed E-state index contributed by atoms with van der Waals surface area (Å²) < 4.78 is 31.6. The normalized spacial score (nSPS) is 12.5. The zero-order chi connectivity index (χ0) is 12.2. The highest BCUT2D eigenvalue weighted by Gasteiger charge is 2.16. The van der Waals surface area contributed by atoms with Crippen LogP contribution in [0.25, 0.3) is 0 Å². The predicted molar refractivity (Wildman–Crippen MR) is 74.4 cm³/mol. The second kappa shape index (κ2) is 8.29. The molecule has 9 heteroatoms. The van der Waals surface area contributed by atoms with Gasteiger partial charge in [0.05, 0.1) is 11.6 Å². The van der Waals surface area contributed by atoms with Crippen molar-refractivity contribution < 1.29 is 17.5 Å². The molecule has 1 heterocycles. The number of para-hydroxylation sites is 1. The summed E-state index contributed by atoms with van der Waals surface area (Å²) in [5.74, 6) is 1.12. The zero-order valence-electron chi connectivity index (χ0n) is 10.1. The first-order chi connectivity index (χ1) is 7.42. The molecule has 2 rings (SSSR count). The average molecular weight is 297 g/mol. The minimum absolute atomic E-state index is 0. The fourth-order valence-corrected chi connectivity index (χ4v) is 2.46. The molecule has 0 aliphatic carbocycles. The van der Waals surface area contributed by atoms with Crippen LogP contribution in [0, 0.1) is 0 Å². The number of hydrogen-bond acceptors (Lipinski definition) is 6. The van der Waals surface area contributed by atoms with Crippen molar-refractivity contribution in [3.63, 3.8) is 0 Å². The first kappa shape index (κ1) is 19.5. The molecule has 1 aliphatic rings. The van der Waals surface area contributed by atoms with E-state index in [1.807, 2.05) is 11.8 Å². The molecule has 0 aromatic heterocycles. The first-order valence-electron chi connectivity index (χ1n) is 4.58. The molecule has 106 valence electrons. The highest BCUT2D eigenvalue weighted by molar-refractivity contribution is 7.99. The number of nitrogens with zero attached hydrogens (tertiary/aromatic N) is 1. The predicted octanol–water partition coefficient (Wildman–Crippen LogP) is 2.25. The summed E-state index contributed by atoms with van der Waals surface area (Å²) in [6.07, 6.45) is 0. The Kier molecular flexibility index (Phi) is 8.99. The SMILES string of the molecule is CCN1CSc2ccccc21.N.N.O=S(=O)(O)O. The number of fused-ring (bicyclic) bond motifs is 1. The Balaban J connectivity index is 0. The van der Waals surface area contributed by atoms with Crippen LogP contribution in [0.1, 0.15) is 6.92 Å². The molecule has 0 radical (unpaired) electrons. The lowest BCUT2D eigenvalue weighted by molar-refractivity contribution is 0.381. The Morgan fingerprint density at radius 1 is 1.28 bits per heavy atom. The molecule has 7 nitrogen and oxygen atoms in total. The molecular formula is C9H19N3O4S2. The minimum atomic E-state index is -4.67. The Morgan fingerprint density at radius 2 is 1.78 bits per heavy atom. The van der Waals surface area contributed by atoms with Gasteiger partial charge in [-0.05, 0) is 19.1 Å². The number of benzene rings is 1. The largest absolute Gasteiger partial charge is 0.394 e. The molecule has 0 unspecified atom stereocenters. The Hall–Kier alpha value is -0.840. The third-order valence-corrected chi connectivity index (χ3v) is 3.06. The van der Waals surface area contributed by atoms with Gasteiger partial charge in [0.2, 0.25) is 0 Å². The highest BCUT2D eigenvalue weighted by atomic mass is 32.3. The number of anilines is 1. The molecule has 0 saturated carbocycles. The first-order valence-corrected chi connectivity index (χ1v) is 6.96. The van der Waals surface area contributed by atoms with Crippen molar-refractivity contribution in [1.82, 2.24) is 12.3 Å². The summed E-state index contributed by atoms with van der Waals surface area (Å²) in [7, 11) is -4.67. The summed E-state index contributed by atoms with van der Waals surface area (Å²) in [6, 6.07) is 8.59. The van der Waals surface area contributed by atoms with Crippen LogP contribution in [0.5, 0.6) is 0 Å². The van der Waals surface area contributed by atoms with Crippen LogP contribution < -0.4 is 17.2 Å². The van der Waals surface area contributed by atoms with Gasteiger partial charge in [0.1, 0.15) is 0 Å². The molecule has 0 atom stereocenters. The zero-order valence-corrected chi connectivity index (χ0v) is 11.7. The van der Waals surface area contributed by atoms with Gasteiger partial charge in [0.15, 0.2) is 0 Å². The number of rotatable bonds is 1. The molecule has 0 bridgehead atoms. The second-order valence-electron chi connectivity index (χ2n) is 3.05. The Morgan fingerprint density at radius 3 is 2.28 bits per heavy atom. The van der Waals surface area contributed by atoms with Gasteiger partial charge in [0.25, 0.3) is 0 Å². The van der Waals surface area contributed by atoms with Crippen LogP contribution in [-0.4, -0.2) is 29.9 Å². The molecule has 1 aromatic rings. The molecule has 1 aromatic carbocycles. The molecule has 18 heavy (non-hydrogen) atoms.